The van der Waals surface area contributed by atoms with E-state index < -0.39 is 0 Å². The minimum atomic E-state index is 0.524. The third-order valence-electron chi connectivity index (χ3n) is 3.95. The molecule has 4 rings (SSSR count). The normalized spacial score (nSPS) is 11.7. The summed E-state index contributed by atoms with van der Waals surface area (Å²) in [6.07, 6.45) is 0. The molecule has 128 valence electrons. The van der Waals surface area contributed by atoms with Gasteiger partial charge in [-0.3, -0.25) is 0 Å². The Bertz CT molecular complexity index is 1030. The van der Waals surface area contributed by atoms with E-state index in [0.717, 1.165) is 31.7 Å². The molecule has 0 saturated heterocycles. The summed E-state index contributed by atoms with van der Waals surface area (Å²) in [5.41, 5.74) is 10.5. The molecular weight excluding hydrogens is 358 g/mol. The highest BCUT2D eigenvalue weighted by Crippen LogP contribution is 2.40. The summed E-state index contributed by atoms with van der Waals surface area (Å²) < 4.78 is 0. The van der Waals surface area contributed by atoms with E-state index in [1.807, 2.05) is 47.8 Å². The Morgan fingerprint density at radius 1 is 0.923 bits per heavy atom. The van der Waals surface area contributed by atoms with Crippen molar-refractivity contribution in [3.63, 3.8) is 0 Å². The second-order valence-corrected chi connectivity index (χ2v) is 7.80. The highest BCUT2D eigenvalue weighted by atomic mass is 32.1. The number of aliphatic imine (C=N–C) groups is 1. The monoisotopic (exact) mass is 375 g/mol. The fourth-order valence-electron chi connectivity index (χ4n) is 2.58. The number of benzene rings is 2. The van der Waals surface area contributed by atoms with Gasteiger partial charge in [-0.2, -0.15) is 0 Å². The molecule has 0 atom stereocenters. The van der Waals surface area contributed by atoms with Crippen molar-refractivity contribution in [2.45, 2.75) is 6.92 Å². The van der Waals surface area contributed by atoms with Gasteiger partial charge in [0.2, 0.25) is 0 Å². The van der Waals surface area contributed by atoms with Gasteiger partial charge in [0.1, 0.15) is 21.5 Å². The van der Waals surface area contributed by atoms with Crippen LogP contribution in [0.25, 0.3) is 21.8 Å². The smallest absolute Gasteiger partial charge is 0.146 e. The molecule has 0 spiro atoms. The van der Waals surface area contributed by atoms with Crippen LogP contribution < -0.4 is 5.73 Å². The number of hydrogen-bond donors (Lipinski definition) is 1. The predicted octanol–water partition coefficient (Wildman–Crippen LogP) is 5.88. The van der Waals surface area contributed by atoms with Crippen LogP contribution in [0, 0.1) is 6.92 Å². The van der Waals surface area contributed by atoms with Gasteiger partial charge in [0.05, 0.1) is 4.88 Å². The van der Waals surface area contributed by atoms with Crippen molar-refractivity contribution in [3.8, 4) is 21.8 Å². The van der Waals surface area contributed by atoms with E-state index in [4.69, 9.17) is 15.7 Å². The summed E-state index contributed by atoms with van der Waals surface area (Å²) in [5.74, 6) is 0.524. The summed E-state index contributed by atoms with van der Waals surface area (Å²) in [5, 5.41) is 3.78. The maximum atomic E-state index is 6.23. The fourth-order valence-corrected chi connectivity index (χ4v) is 4.19. The van der Waals surface area contributed by atoms with Crippen molar-refractivity contribution in [2.75, 3.05) is 0 Å². The minimum absolute atomic E-state index is 0.524. The van der Waals surface area contributed by atoms with Gasteiger partial charge in [-0.25, -0.2) is 9.98 Å². The summed E-state index contributed by atoms with van der Waals surface area (Å²) in [4.78, 5) is 10.5. The molecule has 0 amide bonds. The highest BCUT2D eigenvalue weighted by molar-refractivity contribution is 7.19. The lowest BCUT2D eigenvalue weighted by Gasteiger charge is -1.99. The van der Waals surface area contributed by atoms with Crippen molar-refractivity contribution in [3.05, 3.63) is 82.6 Å². The SMILES string of the molecule is Cc1ccc(-c2nc(-c3ccccc3)c(/N=C(\N)c3cccs3)s2)cc1. The number of aromatic nitrogens is 1. The number of aryl methyl sites for hydroxylation is 1. The lowest BCUT2D eigenvalue weighted by atomic mass is 10.1. The third-order valence-corrected chi connectivity index (χ3v) is 5.84. The van der Waals surface area contributed by atoms with Gasteiger partial charge in [-0.15, -0.1) is 11.3 Å². The zero-order valence-corrected chi connectivity index (χ0v) is 15.8. The van der Waals surface area contributed by atoms with Gasteiger partial charge in [0, 0.05) is 11.1 Å². The Morgan fingerprint density at radius 2 is 1.69 bits per heavy atom. The van der Waals surface area contributed by atoms with Crippen molar-refractivity contribution in [1.82, 2.24) is 4.98 Å². The Hall–Kier alpha value is -2.76. The van der Waals surface area contributed by atoms with E-state index in [0.29, 0.717) is 5.84 Å². The van der Waals surface area contributed by atoms with Crippen molar-refractivity contribution in [1.29, 1.82) is 0 Å². The van der Waals surface area contributed by atoms with E-state index in [1.54, 1.807) is 22.7 Å². The van der Waals surface area contributed by atoms with Crippen LogP contribution >= 0.6 is 22.7 Å². The van der Waals surface area contributed by atoms with Gasteiger partial charge >= 0.3 is 0 Å². The molecule has 2 heterocycles. The van der Waals surface area contributed by atoms with E-state index >= 15 is 0 Å². The molecule has 4 aromatic rings. The molecule has 3 nitrogen and oxygen atoms in total. The summed E-state index contributed by atoms with van der Waals surface area (Å²) >= 11 is 3.15. The number of nitrogens with zero attached hydrogens (tertiary/aromatic N) is 2. The quantitative estimate of drug-likeness (QED) is 0.357. The predicted molar refractivity (Wildman–Crippen MR) is 112 cm³/mol. The lowest BCUT2D eigenvalue weighted by molar-refractivity contribution is 1.38. The van der Waals surface area contributed by atoms with Gasteiger partial charge < -0.3 is 5.73 Å². The molecule has 0 aliphatic rings. The van der Waals surface area contributed by atoms with Crippen molar-refractivity contribution < 1.29 is 0 Å². The average Bonchev–Trinajstić information content (AvgIpc) is 3.33. The first-order valence-electron chi connectivity index (χ1n) is 8.22. The second-order valence-electron chi connectivity index (χ2n) is 5.88. The van der Waals surface area contributed by atoms with Gasteiger partial charge in [0.15, 0.2) is 0 Å². The first-order valence-corrected chi connectivity index (χ1v) is 9.91. The van der Waals surface area contributed by atoms with Crippen LogP contribution in [0.4, 0.5) is 5.00 Å². The average molecular weight is 376 g/mol. The number of rotatable bonds is 4. The lowest BCUT2D eigenvalue weighted by Crippen LogP contribution is -2.10. The number of nitrogens with two attached hydrogens (primary N) is 1. The fraction of sp³-hybridized carbons (Fsp3) is 0.0476. The van der Waals surface area contributed by atoms with Gasteiger partial charge in [0.25, 0.3) is 0 Å². The zero-order chi connectivity index (χ0) is 17.9. The molecule has 5 heteroatoms. The molecule has 2 aromatic carbocycles. The van der Waals surface area contributed by atoms with Crippen LogP contribution in [0.3, 0.4) is 0 Å². The largest absolute Gasteiger partial charge is 0.382 e. The molecule has 0 saturated carbocycles. The van der Waals surface area contributed by atoms with Crippen LogP contribution in [-0.2, 0) is 0 Å². The van der Waals surface area contributed by atoms with E-state index in [9.17, 15) is 0 Å². The standard InChI is InChI=1S/C21H17N3S2/c1-14-9-11-16(12-10-14)20-23-18(15-6-3-2-4-7-15)21(26-20)24-19(22)17-8-5-13-25-17/h2-13H,1H3,(H2,22,24). The molecule has 0 radical (unpaired) electrons. The molecule has 0 bridgehead atoms. The van der Waals surface area contributed by atoms with Gasteiger partial charge in [-0.1, -0.05) is 77.6 Å². The van der Waals surface area contributed by atoms with Crippen LogP contribution in [0.5, 0.6) is 0 Å². The molecule has 0 fully saturated rings. The second kappa shape index (κ2) is 7.23. The van der Waals surface area contributed by atoms with Crippen molar-refractivity contribution >= 4 is 33.5 Å². The highest BCUT2D eigenvalue weighted by Gasteiger charge is 2.15. The first-order chi connectivity index (χ1) is 12.7. The van der Waals surface area contributed by atoms with Gasteiger partial charge in [-0.05, 0) is 18.4 Å². The molecule has 26 heavy (non-hydrogen) atoms. The maximum Gasteiger partial charge on any atom is 0.146 e. The summed E-state index contributed by atoms with van der Waals surface area (Å²) in [7, 11) is 0. The van der Waals surface area contributed by atoms with Crippen LogP contribution in [0.1, 0.15) is 10.4 Å². The van der Waals surface area contributed by atoms with Crippen LogP contribution in [-0.4, -0.2) is 10.8 Å². The first kappa shape index (κ1) is 16.7. The summed E-state index contributed by atoms with van der Waals surface area (Å²) in [6.45, 7) is 2.08. The number of thiazole rings is 1. The van der Waals surface area contributed by atoms with E-state index in [2.05, 4.69) is 31.2 Å². The molecule has 0 unspecified atom stereocenters. The molecular formula is C21H17N3S2. The van der Waals surface area contributed by atoms with E-state index in [-0.39, 0.29) is 0 Å². The van der Waals surface area contributed by atoms with Crippen molar-refractivity contribution in [2.24, 2.45) is 10.7 Å². The Kier molecular flexibility index (Phi) is 4.65. The maximum absolute atomic E-state index is 6.23. The number of amidine groups is 1. The molecule has 2 N–H and O–H groups in total. The Balaban J connectivity index is 1.83. The minimum Gasteiger partial charge on any atom is -0.382 e. The van der Waals surface area contributed by atoms with E-state index in [1.165, 1.54) is 5.56 Å². The summed E-state index contributed by atoms with van der Waals surface area (Å²) in [6, 6.07) is 22.5. The number of hydrogen-bond acceptors (Lipinski definition) is 4. The van der Waals surface area contributed by atoms with Crippen LogP contribution in [0.15, 0.2) is 77.1 Å². The molecule has 0 aliphatic heterocycles. The Labute approximate surface area is 160 Å². The molecule has 0 aliphatic carbocycles. The Morgan fingerprint density at radius 3 is 2.38 bits per heavy atom. The van der Waals surface area contributed by atoms with Crippen LogP contribution in [0.2, 0.25) is 0 Å². The number of thiophene rings is 1. The zero-order valence-electron chi connectivity index (χ0n) is 14.2. The third kappa shape index (κ3) is 3.45. The molecule has 2 aromatic heterocycles. The topological polar surface area (TPSA) is 51.3 Å².